The molecule has 2 atom stereocenters. The lowest BCUT2D eigenvalue weighted by molar-refractivity contribution is -0.152. The third kappa shape index (κ3) is 5.72. The summed E-state index contributed by atoms with van der Waals surface area (Å²) in [6.07, 6.45) is 6.36. The molecule has 1 unspecified atom stereocenters. The number of esters is 1. The second-order valence-electron chi connectivity index (χ2n) is 7.60. The first-order valence-electron chi connectivity index (χ1n) is 10.1. The summed E-state index contributed by atoms with van der Waals surface area (Å²) in [7, 11) is 3.02. The van der Waals surface area contributed by atoms with Crippen LogP contribution in [0.25, 0.3) is 6.08 Å². The van der Waals surface area contributed by atoms with E-state index in [4.69, 9.17) is 28.4 Å². The molecule has 0 radical (unpaired) electrons. The number of methoxy groups -OCH3 is 2. The van der Waals surface area contributed by atoms with Gasteiger partial charge in [-0.25, -0.2) is 4.79 Å². The molecule has 1 aromatic rings. The van der Waals surface area contributed by atoms with Gasteiger partial charge >= 0.3 is 5.97 Å². The van der Waals surface area contributed by atoms with Gasteiger partial charge in [0.25, 0.3) is 0 Å². The Bertz CT molecular complexity index is 871. The highest BCUT2D eigenvalue weighted by Crippen LogP contribution is 2.33. The van der Waals surface area contributed by atoms with Crippen LogP contribution < -0.4 is 9.47 Å². The summed E-state index contributed by atoms with van der Waals surface area (Å²) in [6.45, 7) is 3.63. The number of hydrogen-bond donors (Lipinski definition) is 0. The molecule has 168 valence electrons. The number of benzene rings is 1. The number of fused-ring (bicyclic) bond motifs is 2. The summed E-state index contributed by atoms with van der Waals surface area (Å²) in [5.41, 5.74) is 0.829. The zero-order chi connectivity index (χ0) is 22.4. The molecule has 31 heavy (non-hydrogen) atoms. The van der Waals surface area contributed by atoms with Crippen molar-refractivity contribution >= 4 is 17.8 Å². The fraction of sp³-hybridized carbons (Fsp3) is 0.478. The molecule has 3 rings (SSSR count). The summed E-state index contributed by atoms with van der Waals surface area (Å²) in [5, 5.41) is 0. The van der Waals surface area contributed by atoms with E-state index in [-0.39, 0.29) is 24.7 Å². The number of rotatable bonds is 4. The Kier molecular flexibility index (Phi) is 7.48. The van der Waals surface area contributed by atoms with Gasteiger partial charge in [-0.1, -0.05) is 18.2 Å². The third-order valence-corrected chi connectivity index (χ3v) is 4.81. The average Bonchev–Trinajstić information content (AvgIpc) is 3.05. The molecule has 2 aliphatic heterocycles. The Morgan fingerprint density at radius 2 is 1.90 bits per heavy atom. The van der Waals surface area contributed by atoms with Crippen LogP contribution in [-0.4, -0.2) is 57.4 Å². The zero-order valence-electron chi connectivity index (χ0n) is 18.2. The van der Waals surface area contributed by atoms with Crippen molar-refractivity contribution < 1.29 is 38.0 Å². The summed E-state index contributed by atoms with van der Waals surface area (Å²) < 4.78 is 33.1. The van der Waals surface area contributed by atoms with Crippen molar-refractivity contribution in [2.45, 2.75) is 44.7 Å². The van der Waals surface area contributed by atoms with Crippen molar-refractivity contribution in [1.82, 2.24) is 0 Å². The summed E-state index contributed by atoms with van der Waals surface area (Å²) in [4.78, 5) is 25.4. The molecule has 0 aromatic heterocycles. The topological polar surface area (TPSA) is 89.5 Å². The summed E-state index contributed by atoms with van der Waals surface area (Å²) in [5.74, 6) is -0.763. The Balaban J connectivity index is 1.99. The van der Waals surface area contributed by atoms with Gasteiger partial charge in [0.15, 0.2) is 18.4 Å². The van der Waals surface area contributed by atoms with Crippen LogP contribution in [0, 0.1) is 0 Å². The number of carbonyl (C=O) groups excluding carboxylic acids is 2. The van der Waals surface area contributed by atoms with Crippen molar-refractivity contribution in [3.05, 3.63) is 41.5 Å². The lowest BCUT2D eigenvalue weighted by Gasteiger charge is -2.16. The molecule has 0 spiro atoms. The predicted molar refractivity (Wildman–Crippen MR) is 112 cm³/mol. The Morgan fingerprint density at radius 3 is 2.65 bits per heavy atom. The highest BCUT2D eigenvalue weighted by molar-refractivity contribution is 5.97. The monoisotopic (exact) mass is 432 g/mol. The maximum absolute atomic E-state index is 12.8. The smallest absolute Gasteiger partial charge is 0.342 e. The van der Waals surface area contributed by atoms with Gasteiger partial charge in [-0.2, -0.15) is 0 Å². The van der Waals surface area contributed by atoms with Gasteiger partial charge in [0.1, 0.15) is 23.2 Å². The average molecular weight is 432 g/mol. The van der Waals surface area contributed by atoms with E-state index in [1.807, 2.05) is 6.08 Å². The molecule has 8 heteroatoms. The number of carbonyl (C=O) groups is 2. The van der Waals surface area contributed by atoms with Crippen molar-refractivity contribution in [3.63, 3.8) is 0 Å². The molecule has 2 heterocycles. The van der Waals surface area contributed by atoms with Crippen molar-refractivity contribution in [2.75, 3.05) is 27.6 Å². The first-order chi connectivity index (χ1) is 14.8. The van der Waals surface area contributed by atoms with Crippen LogP contribution in [0.5, 0.6) is 11.5 Å². The van der Waals surface area contributed by atoms with Crippen molar-refractivity contribution in [1.29, 1.82) is 0 Å². The maximum atomic E-state index is 12.8. The van der Waals surface area contributed by atoms with Crippen LogP contribution in [0.2, 0.25) is 0 Å². The summed E-state index contributed by atoms with van der Waals surface area (Å²) in [6, 6.07) is 3.33. The molecule has 8 nitrogen and oxygen atoms in total. The number of hydrogen-bond acceptors (Lipinski definition) is 8. The first kappa shape index (κ1) is 23.0. The number of ketones is 1. The second kappa shape index (κ2) is 10.1. The van der Waals surface area contributed by atoms with Gasteiger partial charge in [0.2, 0.25) is 0 Å². The lowest BCUT2D eigenvalue weighted by Crippen LogP contribution is -2.30. The van der Waals surface area contributed by atoms with Gasteiger partial charge in [-0.3, -0.25) is 4.79 Å². The Labute approximate surface area is 181 Å². The van der Waals surface area contributed by atoms with Crippen LogP contribution in [0.3, 0.4) is 0 Å². The first-order valence-corrected chi connectivity index (χ1v) is 10.1. The SMILES string of the molecule is COCOc1cc(OC)cc2c1C(=O)OCC/C=C\C(=O)C1OC(C)(C)O[C@H]1CC=C2. The lowest BCUT2D eigenvalue weighted by atomic mass is 10.0. The third-order valence-electron chi connectivity index (χ3n) is 4.81. The van der Waals surface area contributed by atoms with Gasteiger partial charge in [-0.05, 0) is 44.4 Å². The molecular formula is C23H28O8. The Hall–Kier alpha value is -2.68. The molecule has 2 aliphatic rings. The molecule has 0 amide bonds. The highest BCUT2D eigenvalue weighted by Gasteiger charge is 2.43. The fourth-order valence-corrected chi connectivity index (χ4v) is 3.48. The van der Waals surface area contributed by atoms with Crippen LogP contribution in [0.1, 0.15) is 42.6 Å². The molecule has 1 saturated heterocycles. The highest BCUT2D eigenvalue weighted by atomic mass is 16.8. The molecule has 0 aliphatic carbocycles. The van der Waals surface area contributed by atoms with E-state index >= 15 is 0 Å². The van der Waals surface area contributed by atoms with Gasteiger partial charge < -0.3 is 28.4 Å². The molecule has 1 fully saturated rings. The fourth-order valence-electron chi connectivity index (χ4n) is 3.48. The maximum Gasteiger partial charge on any atom is 0.342 e. The molecule has 0 saturated carbocycles. The number of cyclic esters (lactones) is 1. The van der Waals surface area contributed by atoms with Crippen LogP contribution in [0.15, 0.2) is 30.4 Å². The zero-order valence-corrected chi connectivity index (χ0v) is 18.2. The van der Waals surface area contributed by atoms with Gasteiger partial charge in [0.05, 0.1) is 19.8 Å². The van der Waals surface area contributed by atoms with Gasteiger partial charge in [-0.15, -0.1) is 0 Å². The van der Waals surface area contributed by atoms with Crippen molar-refractivity contribution in [2.24, 2.45) is 0 Å². The van der Waals surface area contributed by atoms with E-state index < -0.39 is 24.0 Å². The minimum Gasteiger partial charge on any atom is -0.497 e. The minimum absolute atomic E-state index is 0.0362. The van der Waals surface area contributed by atoms with Crippen LogP contribution >= 0.6 is 0 Å². The largest absolute Gasteiger partial charge is 0.497 e. The van der Waals surface area contributed by atoms with Crippen LogP contribution in [0.4, 0.5) is 0 Å². The van der Waals surface area contributed by atoms with E-state index in [0.717, 1.165) is 0 Å². The van der Waals surface area contributed by atoms with E-state index in [1.54, 1.807) is 38.1 Å². The molecule has 1 aromatic carbocycles. The number of ether oxygens (including phenoxy) is 6. The molecular weight excluding hydrogens is 404 g/mol. The Morgan fingerprint density at radius 1 is 1.10 bits per heavy atom. The minimum atomic E-state index is -0.859. The second-order valence-corrected chi connectivity index (χ2v) is 7.60. The van der Waals surface area contributed by atoms with E-state index in [2.05, 4.69) is 0 Å². The summed E-state index contributed by atoms with van der Waals surface area (Å²) >= 11 is 0. The quantitative estimate of drug-likeness (QED) is 0.529. The van der Waals surface area contributed by atoms with E-state index in [1.165, 1.54) is 20.3 Å². The van der Waals surface area contributed by atoms with E-state index in [9.17, 15) is 9.59 Å². The van der Waals surface area contributed by atoms with Gasteiger partial charge in [0, 0.05) is 13.2 Å². The molecule has 0 bridgehead atoms. The predicted octanol–water partition coefficient (Wildman–Crippen LogP) is 3.29. The van der Waals surface area contributed by atoms with Crippen LogP contribution in [-0.2, 0) is 23.7 Å². The van der Waals surface area contributed by atoms with E-state index in [0.29, 0.717) is 29.9 Å². The normalized spacial score (nSPS) is 24.5. The molecule has 0 N–H and O–H groups in total. The van der Waals surface area contributed by atoms with Crippen molar-refractivity contribution in [3.8, 4) is 11.5 Å². The standard InChI is InChI=1S/C23H28O8/c1-23(2)30-18-10-7-8-15-12-16(27-4)13-19(29-14-26-3)20(15)22(25)28-11-6-5-9-17(24)21(18)31-23/h5,7-9,12-13,18,21H,6,10-11,14H2,1-4H3/b8-7?,9-5-/t18-,21?/m0/s1.